The summed E-state index contributed by atoms with van der Waals surface area (Å²) in [5, 5.41) is 12.9. The normalized spacial score (nSPS) is 28.7. The van der Waals surface area contributed by atoms with E-state index >= 15 is 0 Å². The van der Waals surface area contributed by atoms with E-state index in [-0.39, 0.29) is 0 Å². The largest absolute Gasteiger partial charge is 0.407 e. The molecule has 1 aromatic rings. The number of anilines is 1. The van der Waals surface area contributed by atoms with Crippen LogP contribution in [-0.4, -0.2) is 39.8 Å². The molecule has 2 aliphatic rings. The molecule has 0 amide bonds. The highest BCUT2D eigenvalue weighted by Gasteiger charge is 2.26. The molecule has 5 nitrogen and oxygen atoms in total. The highest BCUT2D eigenvalue weighted by atomic mass is 32.2. The fourth-order valence-electron chi connectivity index (χ4n) is 2.30. The number of thioether (sulfide) groups is 1. The lowest BCUT2D eigenvalue weighted by molar-refractivity contribution is 0.457. The van der Waals surface area contributed by atoms with E-state index in [2.05, 4.69) is 34.3 Å². The van der Waals surface area contributed by atoms with Crippen LogP contribution in [0.15, 0.2) is 4.42 Å². The second-order valence-corrected chi connectivity index (χ2v) is 7.18. The van der Waals surface area contributed by atoms with Crippen molar-refractivity contribution in [2.45, 2.75) is 49.8 Å². The molecule has 2 unspecified atom stereocenters. The molecule has 0 bridgehead atoms. The van der Waals surface area contributed by atoms with Crippen LogP contribution in [0.5, 0.6) is 0 Å². The molecule has 1 saturated heterocycles. The predicted molar refractivity (Wildman–Crippen MR) is 72.9 cm³/mol. The molecule has 2 fully saturated rings. The summed E-state index contributed by atoms with van der Waals surface area (Å²) in [6.45, 7) is 7.18. The van der Waals surface area contributed by atoms with Gasteiger partial charge in [0.2, 0.25) is 5.89 Å². The molecule has 1 aliphatic carbocycles. The maximum absolute atomic E-state index is 5.73. The fourth-order valence-corrected chi connectivity index (χ4v) is 3.62. The molecule has 0 spiro atoms. The molecule has 1 aliphatic heterocycles. The van der Waals surface area contributed by atoms with Crippen molar-refractivity contribution < 1.29 is 4.42 Å². The van der Waals surface area contributed by atoms with Gasteiger partial charge in [0, 0.05) is 29.6 Å². The first-order valence-electron chi connectivity index (χ1n) is 6.67. The van der Waals surface area contributed by atoms with Gasteiger partial charge in [-0.3, -0.25) is 0 Å². The molecule has 2 heterocycles. The van der Waals surface area contributed by atoms with E-state index in [1.165, 1.54) is 12.8 Å². The average molecular weight is 268 g/mol. The predicted octanol–water partition coefficient (Wildman–Crippen LogP) is 1.65. The third-order valence-corrected chi connectivity index (χ3v) is 4.49. The van der Waals surface area contributed by atoms with Crippen molar-refractivity contribution in [3.63, 3.8) is 0 Å². The molecule has 1 aromatic heterocycles. The Hall–Kier alpha value is -0.750. The Bertz CT molecular complexity index is 397. The number of hydrogen-bond donors (Lipinski definition) is 1. The monoisotopic (exact) mass is 268 g/mol. The van der Waals surface area contributed by atoms with Gasteiger partial charge < -0.3 is 14.6 Å². The van der Waals surface area contributed by atoms with Crippen LogP contribution in [0, 0.1) is 0 Å². The second kappa shape index (κ2) is 5.09. The van der Waals surface area contributed by atoms with Gasteiger partial charge in [-0.15, -0.1) is 5.10 Å². The minimum Gasteiger partial charge on any atom is -0.407 e. The zero-order valence-corrected chi connectivity index (χ0v) is 11.7. The van der Waals surface area contributed by atoms with Crippen molar-refractivity contribution in [1.29, 1.82) is 0 Å². The SMILES string of the molecule is CC1CN(c2nnc(CNC3CC3)o2)CC(C)S1. The van der Waals surface area contributed by atoms with E-state index in [1.807, 2.05) is 11.8 Å². The maximum Gasteiger partial charge on any atom is 0.318 e. The van der Waals surface area contributed by atoms with E-state index in [0.717, 1.165) is 13.1 Å². The molecule has 100 valence electrons. The number of nitrogens with zero attached hydrogens (tertiary/aromatic N) is 3. The van der Waals surface area contributed by atoms with Gasteiger partial charge in [-0.2, -0.15) is 11.8 Å². The highest BCUT2D eigenvalue weighted by Crippen LogP contribution is 2.28. The van der Waals surface area contributed by atoms with E-state index in [0.29, 0.717) is 35.0 Å². The Labute approximate surface area is 112 Å². The van der Waals surface area contributed by atoms with Crippen LogP contribution in [0.25, 0.3) is 0 Å². The van der Waals surface area contributed by atoms with E-state index in [4.69, 9.17) is 4.42 Å². The molecule has 1 N–H and O–H groups in total. The van der Waals surface area contributed by atoms with E-state index in [1.54, 1.807) is 0 Å². The minimum absolute atomic E-state index is 0.619. The van der Waals surface area contributed by atoms with Crippen molar-refractivity contribution in [2.24, 2.45) is 0 Å². The van der Waals surface area contributed by atoms with Crippen molar-refractivity contribution in [3.8, 4) is 0 Å². The van der Waals surface area contributed by atoms with Gasteiger partial charge in [-0.05, 0) is 12.8 Å². The summed E-state index contributed by atoms with van der Waals surface area (Å²) in [5.74, 6) is 0.704. The lowest BCUT2D eigenvalue weighted by Crippen LogP contribution is -2.40. The molecule has 1 saturated carbocycles. The highest BCUT2D eigenvalue weighted by molar-refractivity contribution is 8.00. The van der Waals surface area contributed by atoms with Gasteiger partial charge in [-0.25, -0.2) is 0 Å². The first kappa shape index (κ1) is 12.3. The quantitative estimate of drug-likeness (QED) is 0.896. The van der Waals surface area contributed by atoms with Crippen molar-refractivity contribution in [3.05, 3.63) is 5.89 Å². The third-order valence-electron chi connectivity index (χ3n) is 3.27. The number of aromatic nitrogens is 2. The summed E-state index contributed by atoms with van der Waals surface area (Å²) in [7, 11) is 0. The smallest absolute Gasteiger partial charge is 0.318 e. The Balaban J connectivity index is 1.60. The number of rotatable bonds is 4. The van der Waals surface area contributed by atoms with Crippen molar-refractivity contribution in [2.75, 3.05) is 18.0 Å². The van der Waals surface area contributed by atoms with Crippen LogP contribution < -0.4 is 10.2 Å². The minimum atomic E-state index is 0.619. The van der Waals surface area contributed by atoms with Crippen LogP contribution in [0.3, 0.4) is 0 Å². The Morgan fingerprint density at radius 1 is 1.28 bits per heavy atom. The zero-order valence-electron chi connectivity index (χ0n) is 10.9. The van der Waals surface area contributed by atoms with Gasteiger partial charge in [-0.1, -0.05) is 18.9 Å². The van der Waals surface area contributed by atoms with E-state index in [9.17, 15) is 0 Å². The van der Waals surface area contributed by atoms with E-state index < -0.39 is 0 Å². The lowest BCUT2D eigenvalue weighted by atomic mass is 10.3. The first-order chi connectivity index (χ1) is 8.70. The van der Waals surface area contributed by atoms with Gasteiger partial charge in [0.05, 0.1) is 6.54 Å². The molecule has 2 atom stereocenters. The van der Waals surface area contributed by atoms with Crippen LogP contribution >= 0.6 is 11.8 Å². The average Bonchev–Trinajstić information content (AvgIpc) is 3.02. The second-order valence-electron chi connectivity index (χ2n) is 5.30. The molecular formula is C12H20N4OS. The summed E-state index contributed by atoms with van der Waals surface area (Å²) in [5.41, 5.74) is 0. The summed E-state index contributed by atoms with van der Waals surface area (Å²) < 4.78 is 5.73. The Morgan fingerprint density at radius 3 is 2.67 bits per heavy atom. The molecule has 0 aromatic carbocycles. The lowest BCUT2D eigenvalue weighted by Gasteiger charge is -2.33. The summed E-state index contributed by atoms with van der Waals surface area (Å²) in [6.07, 6.45) is 2.55. The van der Waals surface area contributed by atoms with Gasteiger partial charge in [0.15, 0.2) is 0 Å². The third kappa shape index (κ3) is 2.98. The summed E-state index contributed by atoms with van der Waals surface area (Å²) >= 11 is 2.02. The molecular weight excluding hydrogens is 248 g/mol. The van der Waals surface area contributed by atoms with Crippen LogP contribution in [0.4, 0.5) is 6.01 Å². The summed E-state index contributed by atoms with van der Waals surface area (Å²) in [6, 6.07) is 1.35. The fraction of sp³-hybridized carbons (Fsp3) is 0.833. The maximum atomic E-state index is 5.73. The molecule has 3 rings (SSSR count). The standard InChI is InChI=1S/C12H20N4OS/c1-8-6-16(7-9(2)18-8)12-15-14-11(17-12)5-13-10-3-4-10/h8-10,13H,3-7H2,1-2H3. The van der Waals surface area contributed by atoms with Crippen molar-refractivity contribution in [1.82, 2.24) is 15.5 Å². The number of hydrogen-bond acceptors (Lipinski definition) is 6. The van der Waals surface area contributed by atoms with Gasteiger partial charge in [0.25, 0.3) is 0 Å². The molecule has 6 heteroatoms. The van der Waals surface area contributed by atoms with Crippen molar-refractivity contribution >= 4 is 17.8 Å². The molecule has 0 radical (unpaired) electrons. The Kier molecular flexibility index (Phi) is 3.48. The van der Waals surface area contributed by atoms with Crippen LogP contribution in [-0.2, 0) is 6.54 Å². The van der Waals surface area contributed by atoms with Crippen LogP contribution in [0.2, 0.25) is 0 Å². The number of nitrogens with one attached hydrogen (secondary N) is 1. The van der Waals surface area contributed by atoms with Gasteiger partial charge in [0.1, 0.15) is 0 Å². The van der Waals surface area contributed by atoms with Crippen LogP contribution in [0.1, 0.15) is 32.6 Å². The summed E-state index contributed by atoms with van der Waals surface area (Å²) in [4.78, 5) is 2.21. The Morgan fingerprint density at radius 2 is 2.00 bits per heavy atom. The zero-order chi connectivity index (χ0) is 12.5. The van der Waals surface area contributed by atoms with Gasteiger partial charge >= 0.3 is 6.01 Å². The topological polar surface area (TPSA) is 54.2 Å². The first-order valence-corrected chi connectivity index (χ1v) is 7.61. The molecule has 18 heavy (non-hydrogen) atoms.